The number of carbonyl (C=O) groups excluding carboxylic acids is 1. The Bertz CT molecular complexity index is 671. The topological polar surface area (TPSA) is 76.2 Å². The predicted molar refractivity (Wildman–Crippen MR) is 94.0 cm³/mol. The van der Waals surface area contributed by atoms with Gasteiger partial charge in [0.1, 0.15) is 10.8 Å². The van der Waals surface area contributed by atoms with Crippen LogP contribution in [-0.2, 0) is 24.3 Å². The van der Waals surface area contributed by atoms with E-state index in [1.807, 2.05) is 4.90 Å². The molecule has 1 aromatic heterocycles. The van der Waals surface area contributed by atoms with Crippen molar-refractivity contribution in [1.82, 2.24) is 9.21 Å². The van der Waals surface area contributed by atoms with Gasteiger partial charge in [-0.2, -0.15) is 4.31 Å². The molecule has 0 aliphatic carbocycles. The van der Waals surface area contributed by atoms with E-state index in [1.165, 1.54) is 22.8 Å². The van der Waals surface area contributed by atoms with Gasteiger partial charge in [-0.1, -0.05) is 6.07 Å². The Kier molecular flexibility index (Phi) is 6.11. The molecule has 1 atom stereocenters. The first-order valence-corrected chi connectivity index (χ1v) is 10.8. The summed E-state index contributed by atoms with van der Waals surface area (Å²) < 4.78 is 37.7. The van der Waals surface area contributed by atoms with E-state index in [0.29, 0.717) is 36.9 Å². The van der Waals surface area contributed by atoms with Crippen molar-refractivity contribution in [1.29, 1.82) is 0 Å². The molecule has 0 radical (unpaired) electrons. The molecule has 140 valence electrons. The molecule has 0 spiro atoms. The van der Waals surface area contributed by atoms with E-state index in [9.17, 15) is 13.2 Å². The van der Waals surface area contributed by atoms with Crippen LogP contribution in [0.3, 0.4) is 0 Å². The lowest BCUT2D eigenvalue weighted by Crippen LogP contribution is -2.51. The van der Waals surface area contributed by atoms with Crippen LogP contribution in [0.5, 0.6) is 0 Å². The molecule has 2 aliphatic rings. The van der Waals surface area contributed by atoms with E-state index in [-0.39, 0.29) is 24.6 Å². The first-order valence-electron chi connectivity index (χ1n) is 8.45. The SMILES string of the molecule is COCC(=O)N(C1CCOCC1)C1CCN(S(=O)(=O)c2cccs2)C1. The molecule has 1 amide bonds. The van der Waals surface area contributed by atoms with Crippen LogP contribution in [0.1, 0.15) is 19.3 Å². The molecule has 0 bridgehead atoms. The van der Waals surface area contributed by atoms with Crippen molar-refractivity contribution in [2.45, 2.75) is 35.6 Å². The first kappa shape index (κ1) is 18.8. The number of ether oxygens (including phenoxy) is 2. The van der Waals surface area contributed by atoms with Crippen molar-refractivity contribution >= 4 is 27.3 Å². The second-order valence-electron chi connectivity index (χ2n) is 6.32. The molecule has 0 aromatic carbocycles. The molecule has 1 unspecified atom stereocenters. The Labute approximate surface area is 152 Å². The van der Waals surface area contributed by atoms with Gasteiger partial charge in [0.05, 0.1) is 0 Å². The van der Waals surface area contributed by atoms with Gasteiger partial charge in [-0.05, 0) is 30.7 Å². The summed E-state index contributed by atoms with van der Waals surface area (Å²) >= 11 is 1.22. The zero-order valence-electron chi connectivity index (χ0n) is 14.3. The van der Waals surface area contributed by atoms with Gasteiger partial charge in [-0.3, -0.25) is 4.79 Å². The van der Waals surface area contributed by atoms with Crippen molar-refractivity contribution in [2.24, 2.45) is 0 Å². The minimum Gasteiger partial charge on any atom is -0.381 e. The van der Waals surface area contributed by atoms with Crippen LogP contribution < -0.4 is 0 Å². The lowest BCUT2D eigenvalue weighted by molar-refractivity contribution is -0.142. The van der Waals surface area contributed by atoms with Crippen LogP contribution in [0, 0.1) is 0 Å². The minimum atomic E-state index is -3.47. The number of hydrogen-bond acceptors (Lipinski definition) is 6. The van der Waals surface area contributed by atoms with Crippen LogP contribution in [0.25, 0.3) is 0 Å². The second-order valence-corrected chi connectivity index (χ2v) is 9.43. The predicted octanol–water partition coefficient (Wildman–Crippen LogP) is 1.17. The summed E-state index contributed by atoms with van der Waals surface area (Å²) in [6, 6.07) is 3.34. The number of amides is 1. The van der Waals surface area contributed by atoms with Gasteiger partial charge in [0.15, 0.2) is 0 Å². The fourth-order valence-electron chi connectivity index (χ4n) is 3.56. The van der Waals surface area contributed by atoms with Gasteiger partial charge >= 0.3 is 0 Å². The van der Waals surface area contributed by atoms with E-state index in [1.54, 1.807) is 17.5 Å². The molecule has 9 heteroatoms. The molecule has 2 aliphatic heterocycles. The summed E-state index contributed by atoms with van der Waals surface area (Å²) in [6.07, 6.45) is 2.21. The van der Waals surface area contributed by atoms with Gasteiger partial charge in [0.25, 0.3) is 10.0 Å². The summed E-state index contributed by atoms with van der Waals surface area (Å²) in [5.74, 6) is -0.0743. The third-order valence-corrected chi connectivity index (χ3v) is 7.99. The Morgan fingerprint density at radius 1 is 1.36 bits per heavy atom. The van der Waals surface area contributed by atoms with Crippen molar-refractivity contribution < 1.29 is 22.7 Å². The molecular weight excluding hydrogens is 364 g/mol. The van der Waals surface area contributed by atoms with Crippen LogP contribution in [-0.4, -0.2) is 75.6 Å². The Hall–Kier alpha value is -1.00. The molecular formula is C16H24N2O5S2. The molecule has 0 saturated carbocycles. The largest absolute Gasteiger partial charge is 0.381 e. The lowest BCUT2D eigenvalue weighted by atomic mass is 10.0. The highest BCUT2D eigenvalue weighted by molar-refractivity contribution is 7.91. The van der Waals surface area contributed by atoms with Gasteiger partial charge in [0.2, 0.25) is 5.91 Å². The van der Waals surface area contributed by atoms with Crippen molar-refractivity contribution in [3.63, 3.8) is 0 Å². The minimum absolute atomic E-state index is 0.0194. The molecule has 7 nitrogen and oxygen atoms in total. The van der Waals surface area contributed by atoms with E-state index in [2.05, 4.69) is 0 Å². The summed E-state index contributed by atoms with van der Waals surface area (Å²) in [5.41, 5.74) is 0. The third kappa shape index (κ3) is 4.06. The molecule has 3 heterocycles. The van der Waals surface area contributed by atoms with E-state index < -0.39 is 10.0 Å². The monoisotopic (exact) mass is 388 g/mol. The quantitative estimate of drug-likeness (QED) is 0.731. The summed E-state index contributed by atoms with van der Waals surface area (Å²) in [6.45, 7) is 2.06. The number of thiophene rings is 1. The Morgan fingerprint density at radius 2 is 2.12 bits per heavy atom. The normalized spacial score (nSPS) is 23.0. The van der Waals surface area contributed by atoms with Gasteiger partial charge in [-0.15, -0.1) is 11.3 Å². The van der Waals surface area contributed by atoms with Gasteiger partial charge < -0.3 is 14.4 Å². The maximum absolute atomic E-state index is 12.7. The summed E-state index contributed by atoms with van der Waals surface area (Å²) in [4.78, 5) is 14.5. The third-order valence-electron chi connectivity index (χ3n) is 4.75. The maximum atomic E-state index is 12.7. The van der Waals surface area contributed by atoms with Crippen molar-refractivity contribution in [3.8, 4) is 0 Å². The van der Waals surface area contributed by atoms with Crippen LogP contribution >= 0.6 is 11.3 Å². The van der Waals surface area contributed by atoms with Gasteiger partial charge in [0, 0.05) is 45.5 Å². The van der Waals surface area contributed by atoms with E-state index >= 15 is 0 Å². The highest BCUT2D eigenvalue weighted by atomic mass is 32.2. The average molecular weight is 389 g/mol. The fraction of sp³-hybridized carbons (Fsp3) is 0.688. The van der Waals surface area contributed by atoms with Crippen molar-refractivity contribution in [3.05, 3.63) is 17.5 Å². The number of carbonyl (C=O) groups is 1. The number of rotatable bonds is 6. The van der Waals surface area contributed by atoms with Crippen LogP contribution in [0.2, 0.25) is 0 Å². The standard InChI is InChI=1S/C16H24N2O5S2/c1-22-12-15(19)18(13-5-8-23-9-6-13)14-4-7-17(11-14)25(20,21)16-3-2-10-24-16/h2-3,10,13-14H,4-9,11-12H2,1H3. The molecule has 25 heavy (non-hydrogen) atoms. The molecule has 1 aromatic rings. The zero-order valence-corrected chi connectivity index (χ0v) is 15.9. The summed E-state index contributed by atoms with van der Waals surface area (Å²) in [5, 5.41) is 1.76. The van der Waals surface area contributed by atoms with Crippen LogP contribution in [0.4, 0.5) is 0 Å². The fourth-order valence-corrected chi connectivity index (χ4v) is 6.20. The first-order chi connectivity index (χ1) is 12.0. The Morgan fingerprint density at radius 3 is 2.76 bits per heavy atom. The van der Waals surface area contributed by atoms with Crippen LogP contribution in [0.15, 0.2) is 21.7 Å². The average Bonchev–Trinajstić information content (AvgIpc) is 3.29. The lowest BCUT2D eigenvalue weighted by Gasteiger charge is -2.38. The molecule has 2 saturated heterocycles. The number of methoxy groups -OCH3 is 1. The Balaban J connectivity index is 1.75. The zero-order chi connectivity index (χ0) is 17.9. The smallest absolute Gasteiger partial charge is 0.252 e. The second kappa shape index (κ2) is 8.13. The number of nitrogens with zero attached hydrogens (tertiary/aromatic N) is 2. The molecule has 0 N–H and O–H groups in total. The molecule has 3 rings (SSSR count). The highest BCUT2D eigenvalue weighted by Crippen LogP contribution is 2.29. The van der Waals surface area contributed by atoms with Crippen molar-refractivity contribution in [2.75, 3.05) is 40.0 Å². The maximum Gasteiger partial charge on any atom is 0.252 e. The summed E-state index contributed by atoms with van der Waals surface area (Å²) in [7, 11) is -1.97. The van der Waals surface area contributed by atoms with E-state index in [0.717, 1.165) is 12.8 Å². The molecule has 2 fully saturated rings. The number of hydrogen-bond donors (Lipinski definition) is 0. The number of sulfonamides is 1. The van der Waals surface area contributed by atoms with Gasteiger partial charge in [-0.25, -0.2) is 8.42 Å². The van der Waals surface area contributed by atoms with E-state index in [4.69, 9.17) is 9.47 Å². The highest BCUT2D eigenvalue weighted by Gasteiger charge is 2.40.